The van der Waals surface area contributed by atoms with Crippen LogP contribution < -0.4 is 4.74 Å². The average Bonchev–Trinajstić information content (AvgIpc) is 3.13. The third kappa shape index (κ3) is 5.70. The van der Waals surface area contributed by atoms with Gasteiger partial charge in [-0.3, -0.25) is 9.69 Å². The van der Waals surface area contributed by atoms with Crippen molar-refractivity contribution in [2.45, 2.75) is 6.04 Å². The number of carbonyl (C=O) groups is 1. The number of rotatable bonds is 7. The normalized spacial score (nSPS) is 17.1. The monoisotopic (exact) mass is 491 g/mol. The molecular weight excluding hydrogens is 466 g/mol. The first kappa shape index (κ1) is 24.1. The van der Waals surface area contributed by atoms with Gasteiger partial charge in [0.05, 0.1) is 23.7 Å². The number of nitrogens with zero attached hydrogens (tertiary/aromatic N) is 3. The van der Waals surface area contributed by atoms with Gasteiger partial charge in [0.15, 0.2) is 5.17 Å². The zero-order valence-electron chi connectivity index (χ0n) is 19.3. The Balaban J connectivity index is 1.70. The number of thioether (sulfide) groups is 1. The quantitative estimate of drug-likeness (QED) is 0.366. The molecule has 0 radical (unpaired) electrons. The van der Waals surface area contributed by atoms with Crippen LogP contribution in [-0.4, -0.2) is 48.6 Å². The molecule has 0 spiro atoms. The summed E-state index contributed by atoms with van der Waals surface area (Å²) in [5, 5.41) is 1.31. The molecule has 34 heavy (non-hydrogen) atoms. The fraction of sp³-hybridized carbons (Fsp3) is 0.185. The zero-order valence-corrected chi connectivity index (χ0v) is 20.9. The van der Waals surface area contributed by atoms with Crippen LogP contribution in [0, 0.1) is 0 Å². The van der Waals surface area contributed by atoms with Gasteiger partial charge in [0.25, 0.3) is 5.91 Å². The number of aliphatic imine (C=N–C) groups is 1. The van der Waals surface area contributed by atoms with Crippen LogP contribution in [0.4, 0.5) is 5.69 Å². The highest BCUT2D eigenvalue weighted by Crippen LogP contribution is 2.36. The number of ether oxygens (including phenoxy) is 1. The van der Waals surface area contributed by atoms with Crippen molar-refractivity contribution >= 4 is 46.2 Å². The molecule has 5 nitrogen and oxygen atoms in total. The maximum atomic E-state index is 13.6. The second-order valence-electron chi connectivity index (χ2n) is 8.06. The summed E-state index contributed by atoms with van der Waals surface area (Å²) < 4.78 is 5.25. The first-order valence-electron chi connectivity index (χ1n) is 10.9. The summed E-state index contributed by atoms with van der Waals surface area (Å²) in [6, 6.07) is 25.2. The Bertz CT molecular complexity index is 1190. The van der Waals surface area contributed by atoms with E-state index in [1.165, 1.54) is 11.8 Å². The maximum absolute atomic E-state index is 13.6. The van der Waals surface area contributed by atoms with E-state index in [1.54, 1.807) is 12.0 Å². The summed E-state index contributed by atoms with van der Waals surface area (Å²) in [7, 11) is 5.68. The van der Waals surface area contributed by atoms with Gasteiger partial charge in [0, 0.05) is 11.6 Å². The van der Waals surface area contributed by atoms with E-state index < -0.39 is 0 Å². The molecule has 0 N–H and O–H groups in total. The largest absolute Gasteiger partial charge is 0.497 e. The molecule has 1 heterocycles. The van der Waals surface area contributed by atoms with Crippen molar-refractivity contribution in [1.29, 1.82) is 0 Å². The van der Waals surface area contributed by atoms with Gasteiger partial charge < -0.3 is 9.64 Å². The van der Waals surface area contributed by atoms with Crippen LogP contribution in [0.25, 0.3) is 6.08 Å². The Labute approximate surface area is 209 Å². The number of halogens is 1. The Kier molecular flexibility index (Phi) is 7.73. The van der Waals surface area contributed by atoms with Crippen molar-refractivity contribution < 1.29 is 9.53 Å². The molecule has 0 aliphatic carbocycles. The fourth-order valence-corrected chi connectivity index (χ4v) is 4.78. The summed E-state index contributed by atoms with van der Waals surface area (Å²) in [5.41, 5.74) is 2.82. The summed E-state index contributed by atoms with van der Waals surface area (Å²) in [6.07, 6.45) is 1.89. The molecule has 4 rings (SSSR count). The first-order valence-corrected chi connectivity index (χ1v) is 12.0. The summed E-state index contributed by atoms with van der Waals surface area (Å²) >= 11 is 7.41. The van der Waals surface area contributed by atoms with Crippen LogP contribution in [0.5, 0.6) is 5.75 Å². The molecule has 1 aliphatic heterocycles. The average molecular weight is 492 g/mol. The molecule has 1 atom stereocenters. The number of amides is 1. The highest BCUT2D eigenvalue weighted by molar-refractivity contribution is 8.18. The lowest BCUT2D eigenvalue weighted by molar-refractivity contribution is -0.122. The lowest BCUT2D eigenvalue weighted by Crippen LogP contribution is -2.37. The van der Waals surface area contributed by atoms with Crippen LogP contribution in [0.1, 0.15) is 17.2 Å². The fourth-order valence-electron chi connectivity index (χ4n) is 3.64. The molecule has 1 amide bonds. The number of likely N-dealkylation sites (N-methyl/N-ethyl adjacent to an activating group) is 1. The number of hydrogen-bond donors (Lipinski definition) is 0. The van der Waals surface area contributed by atoms with Crippen molar-refractivity contribution in [3.63, 3.8) is 0 Å². The van der Waals surface area contributed by atoms with E-state index in [-0.39, 0.29) is 11.9 Å². The lowest BCUT2D eigenvalue weighted by atomic mass is 10.1. The van der Waals surface area contributed by atoms with Crippen LogP contribution in [0.3, 0.4) is 0 Å². The van der Waals surface area contributed by atoms with Gasteiger partial charge in [-0.05, 0) is 79.5 Å². The lowest BCUT2D eigenvalue weighted by Gasteiger charge is -2.29. The molecular formula is C27H26ClN3O2S. The van der Waals surface area contributed by atoms with Crippen LogP contribution in [0.2, 0.25) is 5.02 Å². The van der Waals surface area contributed by atoms with Crippen molar-refractivity contribution in [1.82, 2.24) is 9.80 Å². The number of benzene rings is 3. The number of amidine groups is 1. The van der Waals surface area contributed by atoms with E-state index in [2.05, 4.69) is 17.0 Å². The minimum Gasteiger partial charge on any atom is -0.497 e. The molecule has 0 aromatic heterocycles. The highest BCUT2D eigenvalue weighted by atomic mass is 35.5. The Morgan fingerprint density at radius 1 is 1.03 bits per heavy atom. The van der Waals surface area contributed by atoms with Gasteiger partial charge in [-0.2, -0.15) is 0 Å². The standard InChI is InChI=1S/C27H26ClN3O2S/c1-30(2)24(20-7-5-4-6-8-20)18-31-26(32)25(17-19-9-11-21(28)12-10-19)34-27(31)29-22-13-15-23(33-3)16-14-22/h4-17,24H,18H2,1-3H3/b25-17+,29-27?/t24-/m1/s1. The van der Waals surface area contributed by atoms with Gasteiger partial charge in [-0.15, -0.1) is 0 Å². The maximum Gasteiger partial charge on any atom is 0.266 e. The predicted octanol–water partition coefficient (Wildman–Crippen LogP) is 6.26. The molecule has 3 aromatic carbocycles. The molecule has 174 valence electrons. The zero-order chi connectivity index (χ0) is 24.1. The Morgan fingerprint density at radius 2 is 1.71 bits per heavy atom. The minimum absolute atomic E-state index is 0.0155. The van der Waals surface area contributed by atoms with Crippen LogP contribution in [-0.2, 0) is 4.79 Å². The van der Waals surface area contributed by atoms with E-state index in [9.17, 15) is 4.79 Å². The van der Waals surface area contributed by atoms with Gasteiger partial charge in [-0.1, -0.05) is 54.1 Å². The van der Waals surface area contributed by atoms with Gasteiger partial charge in [0.2, 0.25) is 0 Å². The molecule has 7 heteroatoms. The van der Waals surface area contributed by atoms with E-state index >= 15 is 0 Å². The van der Waals surface area contributed by atoms with Gasteiger partial charge >= 0.3 is 0 Å². The second kappa shape index (κ2) is 10.9. The molecule has 1 fully saturated rings. The highest BCUT2D eigenvalue weighted by Gasteiger charge is 2.35. The Morgan fingerprint density at radius 3 is 2.32 bits per heavy atom. The molecule has 1 aliphatic rings. The van der Waals surface area contributed by atoms with Crippen molar-refractivity contribution in [2.24, 2.45) is 4.99 Å². The van der Waals surface area contributed by atoms with Gasteiger partial charge in [-0.25, -0.2) is 4.99 Å². The van der Waals surface area contributed by atoms with E-state index in [0.717, 1.165) is 22.6 Å². The molecule has 0 saturated carbocycles. The summed E-state index contributed by atoms with van der Waals surface area (Å²) in [5.74, 6) is 0.700. The number of hydrogen-bond acceptors (Lipinski definition) is 5. The molecule has 0 unspecified atom stereocenters. The number of carbonyl (C=O) groups excluding carboxylic acids is 1. The molecule has 0 bridgehead atoms. The Hall–Kier alpha value is -3.06. The van der Waals surface area contributed by atoms with E-state index in [0.29, 0.717) is 21.6 Å². The van der Waals surface area contributed by atoms with Crippen molar-refractivity contribution in [3.05, 3.63) is 99.9 Å². The van der Waals surface area contributed by atoms with Gasteiger partial charge in [0.1, 0.15) is 5.75 Å². The SMILES string of the molecule is COc1ccc(N=C2S/C(=C/c3ccc(Cl)cc3)C(=O)N2C[C@H](c2ccccc2)N(C)C)cc1. The first-order chi connectivity index (χ1) is 16.4. The van der Waals surface area contributed by atoms with E-state index in [1.807, 2.05) is 86.9 Å². The van der Waals surface area contributed by atoms with Crippen LogP contribution in [0.15, 0.2) is 88.8 Å². The van der Waals surface area contributed by atoms with Crippen LogP contribution >= 0.6 is 23.4 Å². The summed E-state index contributed by atoms with van der Waals surface area (Å²) in [4.78, 5) is 22.9. The molecule has 3 aromatic rings. The molecule has 1 saturated heterocycles. The summed E-state index contributed by atoms with van der Waals surface area (Å²) in [6.45, 7) is 0.482. The smallest absolute Gasteiger partial charge is 0.266 e. The van der Waals surface area contributed by atoms with Crippen molar-refractivity contribution in [2.75, 3.05) is 27.7 Å². The second-order valence-corrected chi connectivity index (χ2v) is 9.51. The number of methoxy groups -OCH3 is 1. The topological polar surface area (TPSA) is 45.1 Å². The minimum atomic E-state index is -0.0602. The van der Waals surface area contributed by atoms with Crippen molar-refractivity contribution in [3.8, 4) is 5.75 Å². The third-order valence-corrected chi connectivity index (χ3v) is 6.77. The third-order valence-electron chi connectivity index (χ3n) is 5.52. The predicted molar refractivity (Wildman–Crippen MR) is 142 cm³/mol. The van der Waals surface area contributed by atoms with E-state index in [4.69, 9.17) is 21.3 Å².